The van der Waals surface area contributed by atoms with Crippen molar-refractivity contribution in [1.82, 2.24) is 10.6 Å². The maximum atomic E-state index is 5.42. The van der Waals surface area contributed by atoms with Crippen LogP contribution in [0.2, 0.25) is 0 Å². The van der Waals surface area contributed by atoms with Crippen molar-refractivity contribution in [2.75, 3.05) is 41.5 Å². The highest BCUT2D eigenvalue weighted by Gasteiger charge is 2.17. The Bertz CT molecular complexity index is 555. The minimum absolute atomic E-state index is 0. The van der Waals surface area contributed by atoms with Gasteiger partial charge >= 0.3 is 0 Å². The molecule has 1 aromatic rings. The molecule has 8 heteroatoms. The van der Waals surface area contributed by atoms with Crippen molar-refractivity contribution in [3.8, 4) is 17.2 Å². The molecule has 150 valence electrons. The van der Waals surface area contributed by atoms with E-state index >= 15 is 0 Å². The summed E-state index contributed by atoms with van der Waals surface area (Å²) in [6.45, 7) is 7.95. The van der Waals surface area contributed by atoms with E-state index in [2.05, 4.69) is 15.6 Å². The van der Waals surface area contributed by atoms with Gasteiger partial charge in [-0.1, -0.05) is 0 Å². The second-order valence-corrected chi connectivity index (χ2v) is 6.05. The van der Waals surface area contributed by atoms with Gasteiger partial charge in [-0.05, 0) is 38.5 Å². The lowest BCUT2D eigenvalue weighted by Gasteiger charge is -2.24. The Kier molecular flexibility index (Phi) is 11.4. The van der Waals surface area contributed by atoms with Crippen LogP contribution in [0.3, 0.4) is 0 Å². The number of nitrogens with one attached hydrogen (secondary N) is 2. The molecule has 0 bridgehead atoms. The van der Waals surface area contributed by atoms with Gasteiger partial charge in [-0.15, -0.1) is 24.0 Å². The van der Waals surface area contributed by atoms with Crippen LogP contribution in [0.15, 0.2) is 17.1 Å². The van der Waals surface area contributed by atoms with Crippen molar-refractivity contribution in [3.63, 3.8) is 0 Å². The summed E-state index contributed by atoms with van der Waals surface area (Å²) >= 11 is 0. The summed E-state index contributed by atoms with van der Waals surface area (Å²) in [7, 11) is 6.48. The van der Waals surface area contributed by atoms with Gasteiger partial charge in [-0.25, -0.2) is 4.99 Å². The lowest BCUT2D eigenvalue weighted by Crippen LogP contribution is -2.45. The zero-order chi connectivity index (χ0) is 18.9. The fourth-order valence-corrected chi connectivity index (χ4v) is 2.11. The zero-order valence-corrected chi connectivity index (χ0v) is 19.1. The molecule has 0 aliphatic carbocycles. The monoisotopic (exact) mass is 481 g/mol. The SMILES string of the molecule is CCNC(=NCc1cc(OC)c(OC)c(OC)c1)NCC(C)(C)OC.I. The van der Waals surface area contributed by atoms with E-state index < -0.39 is 0 Å². The number of benzene rings is 1. The predicted octanol–water partition coefficient (Wildman–Crippen LogP) is 2.81. The summed E-state index contributed by atoms with van der Waals surface area (Å²) < 4.78 is 21.5. The fourth-order valence-electron chi connectivity index (χ4n) is 2.11. The Morgan fingerprint density at radius 3 is 2.00 bits per heavy atom. The van der Waals surface area contributed by atoms with Crippen LogP contribution in [0.4, 0.5) is 0 Å². The van der Waals surface area contributed by atoms with Crippen molar-refractivity contribution in [1.29, 1.82) is 0 Å². The zero-order valence-electron chi connectivity index (χ0n) is 16.8. The predicted molar refractivity (Wildman–Crippen MR) is 115 cm³/mol. The van der Waals surface area contributed by atoms with E-state index in [-0.39, 0.29) is 29.6 Å². The summed E-state index contributed by atoms with van der Waals surface area (Å²) in [5.74, 6) is 2.53. The van der Waals surface area contributed by atoms with Crippen LogP contribution < -0.4 is 24.8 Å². The van der Waals surface area contributed by atoms with Gasteiger partial charge in [0.25, 0.3) is 0 Å². The summed E-state index contributed by atoms with van der Waals surface area (Å²) in [6.07, 6.45) is 0. The van der Waals surface area contributed by atoms with Crippen LogP contribution in [-0.4, -0.2) is 53.1 Å². The maximum Gasteiger partial charge on any atom is 0.203 e. The number of rotatable bonds is 9. The molecule has 0 aliphatic heterocycles. The first-order chi connectivity index (χ1) is 11.9. The summed E-state index contributed by atoms with van der Waals surface area (Å²) in [4.78, 5) is 4.61. The van der Waals surface area contributed by atoms with E-state index in [4.69, 9.17) is 18.9 Å². The van der Waals surface area contributed by atoms with Gasteiger partial charge < -0.3 is 29.6 Å². The van der Waals surface area contributed by atoms with E-state index in [1.54, 1.807) is 28.4 Å². The molecule has 0 unspecified atom stereocenters. The molecule has 0 saturated heterocycles. The average Bonchev–Trinajstić information content (AvgIpc) is 2.62. The normalized spacial score (nSPS) is 11.4. The first-order valence-corrected chi connectivity index (χ1v) is 8.27. The number of halogens is 1. The molecule has 0 fully saturated rings. The number of hydrogen-bond acceptors (Lipinski definition) is 5. The Labute approximate surface area is 173 Å². The van der Waals surface area contributed by atoms with Crippen LogP contribution in [0.1, 0.15) is 26.3 Å². The number of nitrogens with zero attached hydrogens (tertiary/aromatic N) is 1. The third-order valence-corrected chi connectivity index (χ3v) is 3.72. The fraction of sp³-hybridized carbons (Fsp3) is 0.611. The lowest BCUT2D eigenvalue weighted by atomic mass is 10.1. The standard InChI is InChI=1S/C18H31N3O4.HI/c1-8-19-17(21-12-18(2,3)25-7)20-11-13-9-14(22-4)16(24-6)15(10-13)23-5;/h9-10H,8,11-12H2,1-7H3,(H2,19,20,21);1H. The van der Waals surface area contributed by atoms with E-state index in [1.165, 1.54) is 0 Å². The molecule has 0 amide bonds. The molecule has 0 radical (unpaired) electrons. The van der Waals surface area contributed by atoms with Gasteiger partial charge in [0.15, 0.2) is 17.5 Å². The highest BCUT2D eigenvalue weighted by Crippen LogP contribution is 2.38. The molecular weight excluding hydrogens is 449 g/mol. The van der Waals surface area contributed by atoms with Crippen LogP contribution in [0, 0.1) is 0 Å². The molecule has 2 N–H and O–H groups in total. The first kappa shape index (κ1) is 24.6. The third-order valence-electron chi connectivity index (χ3n) is 3.72. The summed E-state index contributed by atoms with van der Waals surface area (Å²) in [5.41, 5.74) is 0.681. The number of aliphatic imine (C=N–C) groups is 1. The summed E-state index contributed by atoms with van der Waals surface area (Å²) in [6, 6.07) is 3.79. The smallest absolute Gasteiger partial charge is 0.203 e. The number of hydrogen-bond donors (Lipinski definition) is 2. The molecule has 0 aliphatic rings. The number of guanidine groups is 1. The van der Waals surface area contributed by atoms with Gasteiger partial charge in [0.2, 0.25) is 5.75 Å². The maximum absolute atomic E-state index is 5.42. The molecule has 1 aromatic carbocycles. The van der Waals surface area contributed by atoms with Crippen LogP contribution in [0.25, 0.3) is 0 Å². The quantitative estimate of drug-likeness (QED) is 0.321. The lowest BCUT2D eigenvalue weighted by molar-refractivity contribution is 0.0268. The minimum atomic E-state index is -0.275. The molecule has 0 atom stereocenters. The average molecular weight is 481 g/mol. The molecule has 1 rings (SSSR count). The highest BCUT2D eigenvalue weighted by molar-refractivity contribution is 14.0. The molecule has 0 heterocycles. The topological polar surface area (TPSA) is 73.3 Å². The van der Waals surface area contributed by atoms with Crippen LogP contribution in [-0.2, 0) is 11.3 Å². The second-order valence-electron chi connectivity index (χ2n) is 6.05. The molecule has 0 spiro atoms. The molecule has 26 heavy (non-hydrogen) atoms. The minimum Gasteiger partial charge on any atom is -0.493 e. The Hall–Kier alpha value is -1.42. The third kappa shape index (κ3) is 7.45. The number of ether oxygens (including phenoxy) is 4. The van der Waals surface area contributed by atoms with Gasteiger partial charge in [0, 0.05) is 20.2 Å². The molecule has 0 aromatic heterocycles. The van der Waals surface area contributed by atoms with Crippen molar-refractivity contribution in [2.45, 2.75) is 32.9 Å². The van der Waals surface area contributed by atoms with Gasteiger partial charge in [-0.3, -0.25) is 0 Å². The highest BCUT2D eigenvalue weighted by atomic mass is 127. The van der Waals surface area contributed by atoms with Crippen molar-refractivity contribution in [3.05, 3.63) is 17.7 Å². The Balaban J connectivity index is 0.00000625. The molecule has 0 saturated carbocycles. The van der Waals surface area contributed by atoms with Crippen LogP contribution >= 0.6 is 24.0 Å². The number of methoxy groups -OCH3 is 4. The Morgan fingerprint density at radius 2 is 1.58 bits per heavy atom. The van der Waals surface area contributed by atoms with E-state index in [9.17, 15) is 0 Å². The molecule has 7 nitrogen and oxygen atoms in total. The molecular formula is C18H32IN3O4. The van der Waals surface area contributed by atoms with Gasteiger partial charge in [0.1, 0.15) is 0 Å². The van der Waals surface area contributed by atoms with E-state index in [0.717, 1.165) is 18.1 Å². The van der Waals surface area contributed by atoms with E-state index in [1.807, 2.05) is 32.9 Å². The van der Waals surface area contributed by atoms with E-state index in [0.29, 0.717) is 30.3 Å². The van der Waals surface area contributed by atoms with Crippen LogP contribution in [0.5, 0.6) is 17.2 Å². The Morgan fingerprint density at radius 1 is 1.00 bits per heavy atom. The largest absolute Gasteiger partial charge is 0.493 e. The second kappa shape index (κ2) is 12.1. The first-order valence-electron chi connectivity index (χ1n) is 8.27. The van der Waals surface area contributed by atoms with Gasteiger partial charge in [-0.2, -0.15) is 0 Å². The van der Waals surface area contributed by atoms with Crippen molar-refractivity contribution < 1.29 is 18.9 Å². The van der Waals surface area contributed by atoms with Crippen molar-refractivity contribution in [2.24, 2.45) is 4.99 Å². The summed E-state index contributed by atoms with van der Waals surface area (Å²) in [5, 5.41) is 6.51. The van der Waals surface area contributed by atoms with Gasteiger partial charge in [0.05, 0.1) is 33.5 Å². The van der Waals surface area contributed by atoms with Crippen molar-refractivity contribution >= 4 is 29.9 Å².